The molecule has 20 heavy (non-hydrogen) atoms. The second kappa shape index (κ2) is 8.19. The zero-order valence-corrected chi connectivity index (χ0v) is 11.4. The van der Waals surface area contributed by atoms with Crippen molar-refractivity contribution >= 4 is 0 Å². The highest BCUT2D eigenvalue weighted by atomic mass is 16.5. The average Bonchev–Trinajstić information content (AvgIpc) is 2.96. The molecule has 0 aliphatic heterocycles. The van der Waals surface area contributed by atoms with Gasteiger partial charge in [0.2, 0.25) is 0 Å². The van der Waals surface area contributed by atoms with Crippen LogP contribution in [0.3, 0.4) is 0 Å². The van der Waals surface area contributed by atoms with Crippen molar-refractivity contribution in [1.29, 1.82) is 0 Å². The van der Waals surface area contributed by atoms with Crippen molar-refractivity contribution in [2.45, 2.75) is 13.0 Å². The summed E-state index contributed by atoms with van der Waals surface area (Å²) in [6.45, 7) is 6.40. The molecule has 2 aromatic rings. The molecule has 0 saturated heterocycles. The number of aromatic nitrogens is 4. The molecule has 0 aliphatic carbocycles. The smallest absolute Gasteiger partial charge is 0.170 e. The highest BCUT2D eigenvalue weighted by molar-refractivity contribution is 5.30. The van der Waals surface area contributed by atoms with Crippen molar-refractivity contribution < 1.29 is 4.74 Å². The van der Waals surface area contributed by atoms with Gasteiger partial charge >= 0.3 is 0 Å². The van der Waals surface area contributed by atoms with Crippen molar-refractivity contribution in [2.24, 2.45) is 0 Å². The highest BCUT2D eigenvalue weighted by Crippen LogP contribution is 2.06. The quantitative estimate of drug-likeness (QED) is 0.552. The van der Waals surface area contributed by atoms with E-state index >= 15 is 0 Å². The molecule has 106 valence electrons. The Kier molecular flexibility index (Phi) is 5.88. The van der Waals surface area contributed by atoms with Gasteiger partial charge < -0.3 is 10.1 Å². The molecule has 0 spiro atoms. The molecule has 1 N–H and O–H groups in total. The van der Waals surface area contributed by atoms with E-state index in [1.165, 1.54) is 0 Å². The number of ether oxygens (including phenoxy) is 1. The first-order chi connectivity index (χ1) is 9.92. The van der Waals surface area contributed by atoms with Crippen molar-refractivity contribution in [3.63, 3.8) is 0 Å². The number of hydrogen-bond acceptors (Lipinski definition) is 5. The fourth-order valence-electron chi connectivity index (χ4n) is 1.70. The minimum atomic E-state index is 0.604. The summed E-state index contributed by atoms with van der Waals surface area (Å²) in [6.07, 6.45) is 2.73. The maximum absolute atomic E-state index is 5.42. The number of rotatable bonds is 9. The van der Waals surface area contributed by atoms with Crippen LogP contribution in [0.2, 0.25) is 0 Å². The second-order valence-electron chi connectivity index (χ2n) is 4.21. The maximum Gasteiger partial charge on any atom is 0.170 e. The lowest BCUT2D eigenvalue weighted by Crippen LogP contribution is -2.21. The summed E-state index contributed by atoms with van der Waals surface area (Å²) in [5.41, 5.74) is 0.955. The maximum atomic E-state index is 5.42. The third-order valence-electron chi connectivity index (χ3n) is 2.71. The number of benzene rings is 1. The van der Waals surface area contributed by atoms with Crippen LogP contribution in [0.15, 0.2) is 43.0 Å². The lowest BCUT2D eigenvalue weighted by Gasteiger charge is -2.06. The van der Waals surface area contributed by atoms with Crippen molar-refractivity contribution in [3.05, 3.63) is 48.8 Å². The zero-order chi connectivity index (χ0) is 14.0. The lowest BCUT2D eigenvalue weighted by atomic mass is 10.3. The normalized spacial score (nSPS) is 10.6. The monoisotopic (exact) mass is 273 g/mol. The Labute approximate surface area is 118 Å². The molecule has 6 heteroatoms. The molecule has 0 radical (unpaired) electrons. The Morgan fingerprint density at radius 1 is 1.25 bits per heavy atom. The molecular weight excluding hydrogens is 254 g/mol. The largest absolute Gasteiger partial charge is 0.380 e. The van der Waals surface area contributed by atoms with Gasteiger partial charge in [0.05, 0.1) is 25.4 Å². The van der Waals surface area contributed by atoms with Gasteiger partial charge in [-0.15, -0.1) is 11.7 Å². The summed E-state index contributed by atoms with van der Waals surface area (Å²) < 4.78 is 7.14. The molecule has 0 unspecified atom stereocenters. The SMILES string of the molecule is C=CCCOCCNCc1nnnn1-c1ccccc1. The molecule has 1 aromatic carbocycles. The molecule has 6 nitrogen and oxygen atoms in total. The van der Waals surface area contributed by atoms with E-state index in [0.717, 1.165) is 24.5 Å². The minimum Gasteiger partial charge on any atom is -0.380 e. The van der Waals surface area contributed by atoms with Crippen molar-refractivity contribution in [2.75, 3.05) is 19.8 Å². The van der Waals surface area contributed by atoms with Crippen molar-refractivity contribution in [1.82, 2.24) is 25.5 Å². The van der Waals surface area contributed by atoms with E-state index in [9.17, 15) is 0 Å². The topological polar surface area (TPSA) is 64.9 Å². The Hall–Kier alpha value is -2.05. The van der Waals surface area contributed by atoms with Gasteiger partial charge in [-0.2, -0.15) is 4.68 Å². The van der Waals surface area contributed by atoms with Crippen LogP contribution in [0.1, 0.15) is 12.2 Å². The first kappa shape index (κ1) is 14.4. The van der Waals surface area contributed by atoms with Crippen LogP contribution < -0.4 is 5.32 Å². The van der Waals surface area contributed by atoms with Gasteiger partial charge in [0.1, 0.15) is 0 Å². The molecule has 0 atom stereocenters. The molecule has 2 rings (SSSR count). The second-order valence-corrected chi connectivity index (χ2v) is 4.21. The first-order valence-corrected chi connectivity index (χ1v) is 6.64. The molecule has 1 aromatic heterocycles. The first-order valence-electron chi connectivity index (χ1n) is 6.64. The number of nitrogens with zero attached hydrogens (tertiary/aromatic N) is 4. The van der Waals surface area contributed by atoms with E-state index < -0.39 is 0 Å². The molecule has 0 bridgehead atoms. The van der Waals surface area contributed by atoms with Gasteiger partial charge in [-0.3, -0.25) is 0 Å². The van der Waals surface area contributed by atoms with Gasteiger partial charge in [0.25, 0.3) is 0 Å². The zero-order valence-electron chi connectivity index (χ0n) is 11.4. The van der Waals surface area contributed by atoms with E-state index in [1.54, 1.807) is 4.68 Å². The number of para-hydroxylation sites is 1. The molecule has 1 heterocycles. The van der Waals surface area contributed by atoms with Crippen LogP contribution in [0, 0.1) is 0 Å². The van der Waals surface area contributed by atoms with E-state index in [4.69, 9.17) is 4.74 Å². The van der Waals surface area contributed by atoms with Gasteiger partial charge in [0, 0.05) is 6.54 Å². The number of tetrazole rings is 1. The Morgan fingerprint density at radius 2 is 2.10 bits per heavy atom. The molecule has 0 fully saturated rings. The van der Waals surface area contributed by atoms with Crippen LogP contribution in [-0.2, 0) is 11.3 Å². The fraction of sp³-hybridized carbons (Fsp3) is 0.357. The van der Waals surface area contributed by atoms with Crippen molar-refractivity contribution in [3.8, 4) is 5.69 Å². The lowest BCUT2D eigenvalue weighted by molar-refractivity contribution is 0.140. The molecule has 0 saturated carbocycles. The van der Waals surface area contributed by atoms with Gasteiger partial charge in [0.15, 0.2) is 5.82 Å². The van der Waals surface area contributed by atoms with Crippen LogP contribution in [0.4, 0.5) is 0 Å². The van der Waals surface area contributed by atoms with E-state index in [2.05, 4.69) is 27.4 Å². The van der Waals surface area contributed by atoms with Gasteiger partial charge in [-0.1, -0.05) is 24.3 Å². The van der Waals surface area contributed by atoms with Crippen LogP contribution in [0.5, 0.6) is 0 Å². The van der Waals surface area contributed by atoms with Crippen LogP contribution >= 0.6 is 0 Å². The summed E-state index contributed by atoms with van der Waals surface area (Å²) >= 11 is 0. The Morgan fingerprint density at radius 3 is 2.90 bits per heavy atom. The summed E-state index contributed by atoms with van der Waals surface area (Å²) in [5, 5.41) is 15.0. The molecule has 0 amide bonds. The van der Waals surface area contributed by atoms with E-state index in [1.807, 2.05) is 36.4 Å². The fourth-order valence-corrected chi connectivity index (χ4v) is 1.70. The summed E-state index contributed by atoms with van der Waals surface area (Å²) in [4.78, 5) is 0. The summed E-state index contributed by atoms with van der Waals surface area (Å²) in [5.74, 6) is 0.780. The molecule has 0 aliphatic rings. The number of hydrogen-bond donors (Lipinski definition) is 1. The standard InChI is InChI=1S/C14H19N5O/c1-2-3-10-20-11-9-15-12-14-16-17-18-19(14)13-7-5-4-6-8-13/h2,4-8,15H,1,3,9-12H2. The van der Waals surface area contributed by atoms with Gasteiger partial charge in [-0.25, -0.2) is 0 Å². The van der Waals surface area contributed by atoms with E-state index in [-0.39, 0.29) is 0 Å². The minimum absolute atomic E-state index is 0.604. The summed E-state index contributed by atoms with van der Waals surface area (Å²) in [6, 6.07) is 9.83. The van der Waals surface area contributed by atoms with Crippen LogP contribution in [0.25, 0.3) is 5.69 Å². The van der Waals surface area contributed by atoms with Crippen LogP contribution in [-0.4, -0.2) is 40.0 Å². The number of nitrogens with one attached hydrogen (secondary N) is 1. The predicted octanol–water partition coefficient (Wildman–Crippen LogP) is 1.34. The van der Waals surface area contributed by atoms with Gasteiger partial charge in [-0.05, 0) is 29.0 Å². The third-order valence-corrected chi connectivity index (χ3v) is 2.71. The third kappa shape index (κ3) is 4.25. The van der Waals surface area contributed by atoms with E-state index in [0.29, 0.717) is 19.8 Å². The highest BCUT2D eigenvalue weighted by Gasteiger charge is 2.06. The summed E-state index contributed by atoms with van der Waals surface area (Å²) in [7, 11) is 0. The molecular formula is C14H19N5O. The average molecular weight is 273 g/mol. The Bertz CT molecular complexity index is 511. The predicted molar refractivity (Wildman–Crippen MR) is 76.5 cm³/mol. The Balaban J connectivity index is 1.77.